The van der Waals surface area contributed by atoms with Gasteiger partial charge < -0.3 is 25.7 Å². The van der Waals surface area contributed by atoms with E-state index in [0.29, 0.717) is 12.8 Å². The summed E-state index contributed by atoms with van der Waals surface area (Å²) in [6.45, 7) is 3.81. The largest absolute Gasteiger partial charge is 0.394 e. The van der Waals surface area contributed by atoms with Gasteiger partial charge in [0.25, 0.3) is 0 Å². The second kappa shape index (κ2) is 41.5. The number of nitrogens with one attached hydrogen (secondary N) is 1. The van der Waals surface area contributed by atoms with Gasteiger partial charge >= 0.3 is 0 Å². The van der Waals surface area contributed by atoms with E-state index in [1.54, 1.807) is 0 Å². The molecule has 0 fully saturated rings. The van der Waals surface area contributed by atoms with E-state index in [-0.39, 0.29) is 0 Å². The van der Waals surface area contributed by atoms with Crippen molar-refractivity contribution in [3.05, 3.63) is 0 Å². The van der Waals surface area contributed by atoms with Crippen molar-refractivity contribution in [1.82, 2.24) is 5.32 Å². The molecule has 0 rings (SSSR count). The Morgan fingerprint density at radius 3 is 0.942 bits per heavy atom. The van der Waals surface area contributed by atoms with Gasteiger partial charge in [-0.1, -0.05) is 245 Å². The van der Waals surface area contributed by atoms with Crippen LogP contribution in [-0.2, 0) is 4.79 Å². The lowest BCUT2D eigenvalue weighted by atomic mass is 10.0. The van der Waals surface area contributed by atoms with Crippen LogP contribution in [0.2, 0.25) is 0 Å². The highest BCUT2D eigenvalue weighted by molar-refractivity contribution is 5.80. The molecule has 0 aliphatic heterocycles. The highest BCUT2D eigenvalue weighted by Gasteiger charge is 2.28. The summed E-state index contributed by atoms with van der Waals surface area (Å²) in [6, 6.07) is -0.975. The summed E-state index contributed by atoms with van der Waals surface area (Å²) in [5, 5.41) is 42.5. The van der Waals surface area contributed by atoms with Crippen LogP contribution in [0.4, 0.5) is 0 Å². The molecule has 0 aliphatic rings. The van der Waals surface area contributed by atoms with Gasteiger partial charge in [-0.25, -0.2) is 0 Å². The minimum atomic E-state index is -1.25. The molecule has 1 amide bonds. The Hall–Kier alpha value is -0.690. The third-order valence-corrected chi connectivity index (χ3v) is 11.3. The van der Waals surface area contributed by atoms with E-state index >= 15 is 0 Å². The predicted octanol–water partition coefficient (Wildman–Crippen LogP) is 12.4. The van der Waals surface area contributed by atoms with E-state index < -0.39 is 36.9 Å². The van der Waals surface area contributed by atoms with Crippen molar-refractivity contribution >= 4 is 5.91 Å². The first kappa shape index (κ1) is 51.3. The van der Waals surface area contributed by atoms with Crippen LogP contribution >= 0.6 is 0 Å². The molecule has 0 saturated carbocycles. The van der Waals surface area contributed by atoms with Gasteiger partial charge in [0, 0.05) is 0 Å². The second-order valence-electron chi connectivity index (χ2n) is 16.5. The maximum Gasteiger partial charge on any atom is 0.249 e. The van der Waals surface area contributed by atoms with Crippen LogP contribution < -0.4 is 5.32 Å². The second-order valence-corrected chi connectivity index (χ2v) is 16.5. The van der Waals surface area contributed by atoms with Gasteiger partial charge in [-0.15, -0.1) is 0 Å². The topological polar surface area (TPSA) is 110 Å². The first-order chi connectivity index (χ1) is 25.5. The van der Waals surface area contributed by atoms with Gasteiger partial charge in [0.2, 0.25) is 5.91 Å². The molecule has 6 nitrogen and oxygen atoms in total. The fourth-order valence-corrected chi connectivity index (χ4v) is 7.57. The molecule has 0 saturated heterocycles. The maximum atomic E-state index is 12.3. The average molecular weight is 740 g/mol. The average Bonchev–Trinajstić information content (AvgIpc) is 3.15. The minimum absolute atomic E-state index is 0.373. The SMILES string of the molecule is CCCCCCCCCCCCCCCCCCCCCCCCCCCCCCCCCCCCC(O)C(=O)NC(CO)C(O)C(O)CCCC. The Labute approximate surface area is 324 Å². The van der Waals surface area contributed by atoms with Crippen molar-refractivity contribution in [1.29, 1.82) is 0 Å². The summed E-state index contributed by atoms with van der Waals surface area (Å²) in [4.78, 5) is 12.3. The van der Waals surface area contributed by atoms with Crippen LogP contribution in [-0.4, -0.2) is 57.3 Å². The number of aliphatic hydroxyl groups is 4. The third kappa shape index (κ3) is 35.0. The van der Waals surface area contributed by atoms with Gasteiger partial charge in [0.1, 0.15) is 12.2 Å². The van der Waals surface area contributed by atoms with Gasteiger partial charge in [-0.05, 0) is 12.8 Å². The Bertz CT molecular complexity index is 706. The molecule has 0 aromatic rings. The van der Waals surface area contributed by atoms with Crippen LogP contribution in [0.25, 0.3) is 0 Å². The fourth-order valence-electron chi connectivity index (χ4n) is 7.57. The van der Waals surface area contributed by atoms with Crippen LogP contribution in [0.5, 0.6) is 0 Å². The lowest BCUT2D eigenvalue weighted by molar-refractivity contribution is -0.132. The van der Waals surface area contributed by atoms with Crippen LogP contribution in [0.3, 0.4) is 0 Å². The highest BCUT2D eigenvalue weighted by atomic mass is 16.3. The number of unbranched alkanes of at least 4 members (excludes halogenated alkanes) is 34. The molecule has 6 heteroatoms. The zero-order valence-electron chi connectivity index (χ0n) is 35.1. The molecular weight excluding hydrogens is 647 g/mol. The van der Waals surface area contributed by atoms with Gasteiger partial charge in [-0.2, -0.15) is 0 Å². The number of rotatable bonds is 43. The smallest absolute Gasteiger partial charge is 0.249 e. The number of carbonyl (C=O) groups is 1. The lowest BCUT2D eigenvalue weighted by Gasteiger charge is -2.27. The molecule has 52 heavy (non-hydrogen) atoms. The molecule has 0 aliphatic carbocycles. The molecule has 312 valence electrons. The molecule has 0 spiro atoms. The van der Waals surface area contributed by atoms with Crippen molar-refractivity contribution in [2.45, 2.75) is 282 Å². The van der Waals surface area contributed by atoms with Gasteiger partial charge in [0.15, 0.2) is 0 Å². The molecule has 5 N–H and O–H groups in total. The molecule has 0 aromatic heterocycles. The molecule has 0 heterocycles. The lowest BCUT2D eigenvalue weighted by Crippen LogP contribution is -2.53. The summed E-state index contributed by atoms with van der Waals surface area (Å²) < 4.78 is 0. The minimum Gasteiger partial charge on any atom is -0.394 e. The zero-order valence-corrected chi connectivity index (χ0v) is 35.1. The van der Waals surface area contributed by atoms with Crippen molar-refractivity contribution in [2.24, 2.45) is 0 Å². The van der Waals surface area contributed by atoms with E-state index in [2.05, 4.69) is 12.2 Å². The normalized spacial score (nSPS) is 14.0. The Kier molecular flexibility index (Phi) is 40.9. The number of carbonyl (C=O) groups excluding carboxylic acids is 1. The van der Waals surface area contributed by atoms with Crippen molar-refractivity contribution in [3.8, 4) is 0 Å². The van der Waals surface area contributed by atoms with Crippen LogP contribution in [0.15, 0.2) is 0 Å². The van der Waals surface area contributed by atoms with E-state index in [4.69, 9.17) is 0 Å². The van der Waals surface area contributed by atoms with E-state index in [9.17, 15) is 25.2 Å². The molecule has 0 bridgehead atoms. The highest BCUT2D eigenvalue weighted by Crippen LogP contribution is 2.18. The Morgan fingerprint density at radius 2 is 0.673 bits per heavy atom. The van der Waals surface area contributed by atoms with Gasteiger partial charge in [-0.3, -0.25) is 4.79 Å². The first-order valence-electron chi connectivity index (χ1n) is 23.4. The number of hydrogen-bond acceptors (Lipinski definition) is 5. The summed E-state index contributed by atoms with van der Waals surface area (Å²) in [6.07, 6.45) is 45.9. The molecule has 4 unspecified atom stereocenters. The van der Waals surface area contributed by atoms with Crippen LogP contribution in [0, 0.1) is 0 Å². The van der Waals surface area contributed by atoms with E-state index in [1.807, 2.05) is 6.92 Å². The predicted molar refractivity (Wildman–Crippen MR) is 224 cm³/mol. The quantitative estimate of drug-likeness (QED) is 0.0400. The Balaban J connectivity index is 3.33. The van der Waals surface area contributed by atoms with E-state index in [1.165, 1.54) is 199 Å². The van der Waals surface area contributed by atoms with Crippen LogP contribution in [0.1, 0.15) is 258 Å². The standard InChI is InChI=1S/C46H93NO5/c1-3-5-7-8-9-10-11-12-13-14-15-16-17-18-19-20-21-22-23-24-25-26-27-28-29-30-31-32-33-34-35-36-37-38-40-44(50)46(52)47-42(41-48)45(51)43(49)39-6-4-2/h42-45,48-51H,3-41H2,1-2H3,(H,47,52). The summed E-state index contributed by atoms with van der Waals surface area (Å²) in [7, 11) is 0. The number of hydrogen-bond donors (Lipinski definition) is 5. The number of amides is 1. The molecule has 0 radical (unpaired) electrons. The summed E-state index contributed by atoms with van der Waals surface area (Å²) >= 11 is 0. The monoisotopic (exact) mass is 740 g/mol. The molecular formula is C46H93NO5. The summed E-state index contributed by atoms with van der Waals surface area (Å²) in [5.74, 6) is -0.591. The van der Waals surface area contributed by atoms with Crippen molar-refractivity contribution in [3.63, 3.8) is 0 Å². The van der Waals surface area contributed by atoms with Crippen molar-refractivity contribution in [2.75, 3.05) is 6.61 Å². The maximum absolute atomic E-state index is 12.3. The first-order valence-corrected chi connectivity index (χ1v) is 23.4. The Morgan fingerprint density at radius 1 is 0.404 bits per heavy atom. The molecule has 4 atom stereocenters. The fraction of sp³-hybridized carbons (Fsp3) is 0.978. The number of aliphatic hydroxyl groups excluding tert-OH is 4. The third-order valence-electron chi connectivity index (χ3n) is 11.3. The zero-order chi connectivity index (χ0) is 38.2. The summed E-state index contributed by atoms with van der Waals surface area (Å²) in [5.41, 5.74) is 0. The van der Waals surface area contributed by atoms with Gasteiger partial charge in [0.05, 0.1) is 18.8 Å². The van der Waals surface area contributed by atoms with Crippen molar-refractivity contribution < 1.29 is 25.2 Å². The molecule has 0 aromatic carbocycles. The van der Waals surface area contributed by atoms with E-state index in [0.717, 1.165) is 32.1 Å².